The Morgan fingerprint density at radius 2 is 1.96 bits per heavy atom. The van der Waals surface area contributed by atoms with Gasteiger partial charge in [-0.25, -0.2) is 0 Å². The van der Waals surface area contributed by atoms with Crippen LogP contribution in [0.15, 0.2) is 11.8 Å². The average molecular weight is 350 g/mol. The van der Waals surface area contributed by atoms with E-state index in [1.807, 2.05) is 0 Å². The number of carbonyl (C=O) groups is 2. The first-order valence-corrected chi connectivity index (χ1v) is 9.24. The molecule has 0 spiro atoms. The molecule has 1 fully saturated rings. The molecule has 0 heterocycles. The summed E-state index contributed by atoms with van der Waals surface area (Å²) in [7, 11) is 0. The molecule has 1 aliphatic rings. The van der Waals surface area contributed by atoms with Crippen LogP contribution in [0.2, 0.25) is 0 Å². The molecule has 25 heavy (non-hydrogen) atoms. The van der Waals surface area contributed by atoms with Crippen molar-refractivity contribution in [2.24, 2.45) is 11.8 Å². The first-order valence-electron chi connectivity index (χ1n) is 9.24. The molecule has 1 rings (SSSR count). The van der Waals surface area contributed by atoms with Gasteiger partial charge in [-0.2, -0.15) is 0 Å². The van der Waals surface area contributed by atoms with Gasteiger partial charge in [0.05, 0.1) is 17.8 Å². The van der Waals surface area contributed by atoms with Crippen molar-refractivity contribution in [1.29, 1.82) is 0 Å². The van der Waals surface area contributed by atoms with Crippen LogP contribution in [-0.4, -0.2) is 33.2 Å². The number of unbranched alkanes of at least 4 members (excludes halogenated alkanes) is 4. The molecule has 5 heteroatoms. The highest BCUT2D eigenvalue weighted by Gasteiger charge is 2.39. The molecule has 0 amide bonds. The molecule has 1 saturated carbocycles. The average Bonchev–Trinajstić information content (AvgIpc) is 2.81. The normalized spacial score (nSPS) is 23.4. The monoisotopic (exact) mass is 350 g/mol. The van der Waals surface area contributed by atoms with Crippen molar-refractivity contribution in [3.63, 3.8) is 0 Å². The van der Waals surface area contributed by atoms with Crippen molar-refractivity contribution in [2.75, 3.05) is 0 Å². The van der Waals surface area contributed by atoms with E-state index in [1.54, 1.807) is 6.08 Å². The molecular formula is C20H30O5. The largest absolute Gasteiger partial charge is 0.513 e. The van der Waals surface area contributed by atoms with Gasteiger partial charge >= 0.3 is 5.97 Å². The van der Waals surface area contributed by atoms with Gasteiger partial charge in [0.2, 0.25) is 0 Å². The summed E-state index contributed by atoms with van der Waals surface area (Å²) in [5.41, 5.74) is 0. The van der Waals surface area contributed by atoms with Crippen molar-refractivity contribution < 1.29 is 24.9 Å². The Labute approximate surface area is 150 Å². The Hall–Kier alpha value is -1.80. The number of hydrogen-bond acceptors (Lipinski definition) is 4. The van der Waals surface area contributed by atoms with Crippen LogP contribution < -0.4 is 0 Å². The van der Waals surface area contributed by atoms with Gasteiger partial charge in [0, 0.05) is 31.6 Å². The standard InChI is InChI=1S/C20H30O5/c1-2-3-4-5-6-7-10-16-17(19(23)14-18(16)22)13-12-15(21)9-8-11-20(24)25/h12,16-18,21-22H,2-6,8-9,11,13-14H2,1H3,(H,24,25)/t16-,17-,18-/m1/s1. The molecule has 1 aliphatic carbocycles. The summed E-state index contributed by atoms with van der Waals surface area (Å²) in [5.74, 6) is 4.58. The quantitative estimate of drug-likeness (QED) is 0.318. The Morgan fingerprint density at radius 3 is 2.64 bits per heavy atom. The molecule has 0 aromatic rings. The number of carboxylic acids is 1. The molecule has 3 atom stereocenters. The van der Waals surface area contributed by atoms with E-state index in [1.165, 1.54) is 12.8 Å². The summed E-state index contributed by atoms with van der Waals surface area (Å²) in [6.45, 7) is 2.15. The van der Waals surface area contributed by atoms with Gasteiger partial charge < -0.3 is 15.3 Å². The number of aliphatic hydroxyl groups excluding tert-OH is 2. The first-order chi connectivity index (χ1) is 12.0. The summed E-state index contributed by atoms with van der Waals surface area (Å²) >= 11 is 0. The highest BCUT2D eigenvalue weighted by Crippen LogP contribution is 2.32. The van der Waals surface area contributed by atoms with Crippen LogP contribution in [0, 0.1) is 23.7 Å². The summed E-state index contributed by atoms with van der Waals surface area (Å²) in [6.07, 6.45) is 7.27. The van der Waals surface area contributed by atoms with Crippen LogP contribution >= 0.6 is 0 Å². The molecule has 0 aliphatic heterocycles. The van der Waals surface area contributed by atoms with Gasteiger partial charge in [-0.3, -0.25) is 9.59 Å². The molecule has 0 bridgehead atoms. The van der Waals surface area contributed by atoms with Crippen LogP contribution in [0.4, 0.5) is 0 Å². The second-order valence-electron chi connectivity index (χ2n) is 6.68. The SMILES string of the molecule is CCCCCCC#C[C@H]1[C@H](O)CC(=O)[C@@H]1CC=C(O)CCCC(=O)O. The fourth-order valence-electron chi connectivity index (χ4n) is 3.04. The summed E-state index contributed by atoms with van der Waals surface area (Å²) in [4.78, 5) is 22.5. The van der Waals surface area contributed by atoms with Crippen molar-refractivity contribution in [3.8, 4) is 11.8 Å². The minimum Gasteiger partial charge on any atom is -0.513 e. The minimum atomic E-state index is -0.892. The van der Waals surface area contributed by atoms with Gasteiger partial charge in [0.15, 0.2) is 0 Å². The lowest BCUT2D eigenvalue weighted by Crippen LogP contribution is -2.18. The molecular weight excluding hydrogens is 320 g/mol. The van der Waals surface area contributed by atoms with Crippen molar-refractivity contribution in [2.45, 2.75) is 77.2 Å². The lowest BCUT2D eigenvalue weighted by Gasteiger charge is -2.13. The lowest BCUT2D eigenvalue weighted by atomic mass is 9.91. The van der Waals surface area contributed by atoms with Gasteiger partial charge in [-0.05, 0) is 25.3 Å². The number of allylic oxidation sites excluding steroid dienone is 2. The number of ketones is 1. The maximum Gasteiger partial charge on any atom is 0.303 e. The maximum atomic E-state index is 12.1. The molecule has 5 nitrogen and oxygen atoms in total. The zero-order valence-electron chi connectivity index (χ0n) is 15.0. The van der Waals surface area contributed by atoms with Crippen LogP contribution in [0.25, 0.3) is 0 Å². The smallest absolute Gasteiger partial charge is 0.303 e. The predicted octanol–water partition coefficient (Wildman–Crippen LogP) is 3.61. The Morgan fingerprint density at radius 1 is 1.20 bits per heavy atom. The fraction of sp³-hybridized carbons (Fsp3) is 0.700. The Bertz CT molecular complexity index is 526. The number of carboxylic acid groups (broad SMARTS) is 1. The number of rotatable bonds is 10. The molecule has 0 saturated heterocycles. The van der Waals surface area contributed by atoms with E-state index in [4.69, 9.17) is 5.11 Å². The van der Waals surface area contributed by atoms with E-state index in [2.05, 4.69) is 18.8 Å². The van der Waals surface area contributed by atoms with E-state index < -0.39 is 12.1 Å². The van der Waals surface area contributed by atoms with Crippen LogP contribution in [-0.2, 0) is 9.59 Å². The number of hydrogen-bond donors (Lipinski definition) is 3. The van der Waals surface area contributed by atoms with Gasteiger partial charge in [-0.1, -0.05) is 32.1 Å². The molecule has 0 aromatic heterocycles. The maximum absolute atomic E-state index is 12.1. The van der Waals surface area contributed by atoms with Crippen LogP contribution in [0.5, 0.6) is 0 Å². The number of Topliss-reactive ketones (excluding diaryl/α,β-unsaturated/α-hetero) is 1. The molecule has 3 N–H and O–H groups in total. The third-order valence-electron chi connectivity index (χ3n) is 4.53. The molecule has 0 radical (unpaired) electrons. The van der Waals surface area contributed by atoms with Gasteiger partial charge in [-0.15, -0.1) is 5.92 Å². The summed E-state index contributed by atoms with van der Waals surface area (Å²) in [6, 6.07) is 0. The zero-order valence-corrected chi connectivity index (χ0v) is 15.0. The number of carbonyl (C=O) groups excluding carboxylic acids is 1. The van der Waals surface area contributed by atoms with E-state index >= 15 is 0 Å². The molecule has 140 valence electrons. The molecule has 0 unspecified atom stereocenters. The van der Waals surface area contributed by atoms with Gasteiger partial charge in [0.1, 0.15) is 5.78 Å². The summed E-state index contributed by atoms with van der Waals surface area (Å²) < 4.78 is 0. The lowest BCUT2D eigenvalue weighted by molar-refractivity contribution is -0.137. The minimum absolute atomic E-state index is 0.00506. The highest BCUT2D eigenvalue weighted by atomic mass is 16.4. The van der Waals surface area contributed by atoms with E-state index in [0.717, 1.165) is 19.3 Å². The Balaban J connectivity index is 2.52. The zero-order chi connectivity index (χ0) is 18.7. The predicted molar refractivity (Wildman–Crippen MR) is 96.0 cm³/mol. The van der Waals surface area contributed by atoms with Crippen LogP contribution in [0.3, 0.4) is 0 Å². The van der Waals surface area contributed by atoms with E-state index in [-0.39, 0.29) is 42.6 Å². The number of aliphatic hydroxyl groups is 2. The number of aliphatic carboxylic acids is 1. The second-order valence-corrected chi connectivity index (χ2v) is 6.68. The van der Waals surface area contributed by atoms with Gasteiger partial charge in [0.25, 0.3) is 0 Å². The van der Waals surface area contributed by atoms with Crippen molar-refractivity contribution >= 4 is 11.8 Å². The first kappa shape index (κ1) is 21.2. The van der Waals surface area contributed by atoms with Crippen LogP contribution in [0.1, 0.15) is 71.1 Å². The van der Waals surface area contributed by atoms with E-state index in [9.17, 15) is 19.8 Å². The van der Waals surface area contributed by atoms with E-state index in [0.29, 0.717) is 12.8 Å². The summed E-state index contributed by atoms with van der Waals surface area (Å²) in [5, 5.41) is 28.5. The van der Waals surface area contributed by atoms with Crippen molar-refractivity contribution in [3.05, 3.63) is 11.8 Å². The third-order valence-corrected chi connectivity index (χ3v) is 4.53. The Kier molecular flexibility index (Phi) is 9.94. The topological polar surface area (TPSA) is 94.8 Å². The third kappa shape index (κ3) is 8.22. The fourth-order valence-corrected chi connectivity index (χ4v) is 3.04. The highest BCUT2D eigenvalue weighted by molar-refractivity contribution is 5.85. The van der Waals surface area contributed by atoms with Crippen molar-refractivity contribution in [1.82, 2.24) is 0 Å². The second kappa shape index (κ2) is 11.7. The molecule has 0 aromatic carbocycles.